The van der Waals surface area contributed by atoms with E-state index in [9.17, 15) is 8.42 Å². The quantitative estimate of drug-likeness (QED) is 0.720. The molecule has 4 rings (SSSR count). The minimum Gasteiger partial charge on any atom is -0.371 e. The number of fused-ring (bicyclic) bond motifs is 1. The van der Waals surface area contributed by atoms with E-state index in [-0.39, 0.29) is 5.54 Å². The van der Waals surface area contributed by atoms with Gasteiger partial charge in [0.1, 0.15) is 5.84 Å². The minimum atomic E-state index is -3.17. The van der Waals surface area contributed by atoms with Gasteiger partial charge in [-0.15, -0.1) is 0 Å². The van der Waals surface area contributed by atoms with Gasteiger partial charge in [0.15, 0.2) is 9.84 Å². The first-order valence-corrected chi connectivity index (χ1v) is 12.3. The molecule has 0 unspecified atom stereocenters. The largest absolute Gasteiger partial charge is 0.371 e. The third kappa shape index (κ3) is 4.81. The maximum absolute atomic E-state index is 11.6. The van der Waals surface area contributed by atoms with E-state index in [1.807, 2.05) is 32.0 Å². The molecule has 156 valence electrons. The molecule has 2 aromatic rings. The number of nitrogens with zero attached hydrogens (tertiary/aromatic N) is 1. The number of hydrogen-bond donors (Lipinski definition) is 2. The molecule has 29 heavy (non-hydrogen) atoms. The van der Waals surface area contributed by atoms with Crippen molar-refractivity contribution in [2.75, 3.05) is 16.9 Å². The van der Waals surface area contributed by atoms with Gasteiger partial charge >= 0.3 is 0 Å². The molecule has 0 bridgehead atoms. The predicted molar refractivity (Wildman–Crippen MR) is 122 cm³/mol. The average molecular weight is 414 g/mol. The number of rotatable bonds is 3. The van der Waals surface area contributed by atoms with Gasteiger partial charge in [-0.05, 0) is 42.7 Å². The molecule has 1 fully saturated rings. The van der Waals surface area contributed by atoms with Gasteiger partial charge in [0.2, 0.25) is 0 Å². The normalized spacial score (nSPS) is 18.8. The highest BCUT2D eigenvalue weighted by atomic mass is 32.2. The summed E-state index contributed by atoms with van der Waals surface area (Å²) in [5, 5.41) is 7.31. The lowest BCUT2D eigenvalue weighted by molar-refractivity contribution is 0.403. The first-order valence-electron chi connectivity index (χ1n) is 10.4. The standard InChI is InChI=1S/C21H25N3O2S.C2H6/c1-27(25,26)17-11-9-16(10-12-17)15-22-20-21(13-5-2-6-14-21)24-19-8-4-3-7-18(19)23-20;1-2/h3-4,7-12,24H,2,5-6,13-15H2,1H3,(H,22,23);1-2H3. The number of aliphatic imine (C=N–C) groups is 1. The number of sulfone groups is 1. The molecule has 1 saturated carbocycles. The van der Waals surface area contributed by atoms with Crippen LogP contribution < -0.4 is 10.6 Å². The molecule has 2 aromatic carbocycles. The van der Waals surface area contributed by atoms with Crippen LogP contribution in [0.25, 0.3) is 0 Å². The molecule has 1 aliphatic heterocycles. The summed E-state index contributed by atoms with van der Waals surface area (Å²) in [4.78, 5) is 5.26. The number of benzene rings is 2. The van der Waals surface area contributed by atoms with E-state index in [4.69, 9.17) is 4.99 Å². The Kier molecular flexibility index (Phi) is 6.63. The fraction of sp³-hybridized carbons (Fsp3) is 0.435. The molecular weight excluding hydrogens is 382 g/mol. The molecule has 0 saturated heterocycles. The summed E-state index contributed by atoms with van der Waals surface area (Å²) in [6.07, 6.45) is 7.02. The molecule has 0 atom stereocenters. The third-order valence-electron chi connectivity index (χ3n) is 5.49. The van der Waals surface area contributed by atoms with Gasteiger partial charge in [0.25, 0.3) is 0 Å². The second-order valence-electron chi connectivity index (χ2n) is 7.52. The highest BCUT2D eigenvalue weighted by Gasteiger charge is 2.40. The van der Waals surface area contributed by atoms with Gasteiger partial charge in [-0.2, -0.15) is 0 Å². The number of amidine groups is 1. The zero-order valence-electron chi connectivity index (χ0n) is 17.5. The molecule has 5 nitrogen and oxygen atoms in total. The molecule has 1 spiro atoms. The first kappa shape index (κ1) is 21.4. The van der Waals surface area contributed by atoms with Gasteiger partial charge in [-0.3, -0.25) is 4.99 Å². The minimum absolute atomic E-state index is 0.126. The Morgan fingerprint density at radius 3 is 2.17 bits per heavy atom. The van der Waals surface area contributed by atoms with Crippen molar-refractivity contribution in [2.45, 2.75) is 62.9 Å². The van der Waals surface area contributed by atoms with E-state index in [0.29, 0.717) is 11.4 Å². The fourth-order valence-corrected chi connectivity index (χ4v) is 4.62. The molecule has 1 heterocycles. The molecule has 0 radical (unpaired) electrons. The molecule has 6 heteroatoms. The van der Waals surface area contributed by atoms with Crippen molar-refractivity contribution in [1.82, 2.24) is 0 Å². The highest BCUT2D eigenvalue weighted by Crippen LogP contribution is 2.39. The number of para-hydroxylation sites is 2. The molecule has 1 aliphatic carbocycles. The van der Waals surface area contributed by atoms with Crippen molar-refractivity contribution in [3.63, 3.8) is 0 Å². The number of nitrogens with one attached hydrogen (secondary N) is 2. The zero-order valence-corrected chi connectivity index (χ0v) is 18.3. The maximum Gasteiger partial charge on any atom is 0.175 e. The van der Waals surface area contributed by atoms with Crippen molar-refractivity contribution in [2.24, 2.45) is 4.99 Å². The summed E-state index contributed by atoms with van der Waals surface area (Å²) in [5.74, 6) is 0.994. The van der Waals surface area contributed by atoms with Crippen molar-refractivity contribution < 1.29 is 8.42 Å². The van der Waals surface area contributed by atoms with Crippen LogP contribution >= 0.6 is 0 Å². The van der Waals surface area contributed by atoms with E-state index in [1.54, 1.807) is 12.1 Å². The molecule has 0 aromatic heterocycles. The second-order valence-corrected chi connectivity index (χ2v) is 9.54. The van der Waals surface area contributed by atoms with Crippen LogP contribution in [-0.2, 0) is 16.4 Å². The molecule has 2 N–H and O–H groups in total. The smallest absolute Gasteiger partial charge is 0.175 e. The highest BCUT2D eigenvalue weighted by molar-refractivity contribution is 7.90. The van der Waals surface area contributed by atoms with E-state index in [1.165, 1.54) is 25.5 Å². The topological polar surface area (TPSA) is 70.6 Å². The number of anilines is 2. The van der Waals surface area contributed by atoms with Crippen LogP contribution in [0.4, 0.5) is 11.4 Å². The Balaban J connectivity index is 0.00000117. The van der Waals surface area contributed by atoms with Crippen LogP contribution in [0.15, 0.2) is 58.4 Å². The van der Waals surface area contributed by atoms with Crippen molar-refractivity contribution in [3.05, 3.63) is 54.1 Å². The van der Waals surface area contributed by atoms with Crippen LogP contribution in [0.1, 0.15) is 51.5 Å². The van der Waals surface area contributed by atoms with E-state index >= 15 is 0 Å². The van der Waals surface area contributed by atoms with Gasteiger partial charge in [-0.25, -0.2) is 8.42 Å². The van der Waals surface area contributed by atoms with E-state index in [0.717, 1.165) is 35.6 Å². The summed E-state index contributed by atoms with van der Waals surface area (Å²) in [6, 6.07) is 15.2. The Hall–Kier alpha value is -2.34. The summed E-state index contributed by atoms with van der Waals surface area (Å²) < 4.78 is 23.2. The van der Waals surface area contributed by atoms with Crippen molar-refractivity contribution in [1.29, 1.82) is 0 Å². The third-order valence-corrected chi connectivity index (χ3v) is 6.61. The van der Waals surface area contributed by atoms with Crippen LogP contribution in [0.2, 0.25) is 0 Å². The lowest BCUT2D eigenvalue weighted by atomic mass is 9.79. The van der Waals surface area contributed by atoms with Crippen LogP contribution in [0, 0.1) is 0 Å². The summed E-state index contributed by atoms with van der Waals surface area (Å²) in [7, 11) is -3.17. The van der Waals surface area contributed by atoms with Gasteiger partial charge < -0.3 is 10.6 Å². The summed E-state index contributed by atoms with van der Waals surface area (Å²) in [5.41, 5.74) is 3.07. The van der Waals surface area contributed by atoms with E-state index < -0.39 is 9.84 Å². The monoisotopic (exact) mass is 413 g/mol. The lowest BCUT2D eigenvalue weighted by Gasteiger charge is -2.44. The average Bonchev–Trinajstić information content (AvgIpc) is 2.74. The molecular formula is C23H31N3O2S. The van der Waals surface area contributed by atoms with Gasteiger partial charge in [0.05, 0.1) is 28.4 Å². The van der Waals surface area contributed by atoms with Crippen molar-refractivity contribution >= 4 is 27.0 Å². The Labute approximate surface area is 174 Å². The Bertz CT molecular complexity index is 960. The molecule has 2 aliphatic rings. The molecule has 0 amide bonds. The summed E-state index contributed by atoms with van der Waals surface area (Å²) in [6.45, 7) is 4.53. The second kappa shape index (κ2) is 8.99. The number of hydrogen-bond acceptors (Lipinski definition) is 4. The maximum atomic E-state index is 11.6. The van der Waals surface area contributed by atoms with Crippen LogP contribution in [0.3, 0.4) is 0 Å². The zero-order chi connectivity index (χ0) is 20.9. The Morgan fingerprint density at radius 1 is 0.931 bits per heavy atom. The van der Waals surface area contributed by atoms with Gasteiger partial charge in [-0.1, -0.05) is 57.4 Å². The first-order chi connectivity index (χ1) is 14.0. The Morgan fingerprint density at radius 2 is 1.55 bits per heavy atom. The predicted octanol–water partition coefficient (Wildman–Crippen LogP) is 5.26. The van der Waals surface area contributed by atoms with Crippen LogP contribution in [-0.4, -0.2) is 26.0 Å². The van der Waals surface area contributed by atoms with Crippen LogP contribution in [0.5, 0.6) is 0 Å². The van der Waals surface area contributed by atoms with Crippen molar-refractivity contribution in [3.8, 4) is 0 Å². The fourth-order valence-electron chi connectivity index (χ4n) is 3.99. The summed E-state index contributed by atoms with van der Waals surface area (Å²) >= 11 is 0. The lowest BCUT2D eigenvalue weighted by Crippen LogP contribution is -2.53. The van der Waals surface area contributed by atoms with Gasteiger partial charge in [0, 0.05) is 6.26 Å². The SMILES string of the molecule is CC.CS(=O)(=O)c1ccc(CN=C2Nc3ccccc3NC23CCCCC3)cc1. The van der Waals surface area contributed by atoms with E-state index in [2.05, 4.69) is 28.8 Å².